The van der Waals surface area contributed by atoms with E-state index in [2.05, 4.69) is 26.8 Å². The fourth-order valence-electron chi connectivity index (χ4n) is 2.11. The molecular formula is C13H25N3O4. The Labute approximate surface area is 120 Å². The van der Waals surface area contributed by atoms with Crippen molar-refractivity contribution in [1.29, 1.82) is 0 Å². The zero-order valence-corrected chi connectivity index (χ0v) is 12.4. The Kier molecular flexibility index (Phi) is 7.98. The normalized spacial score (nSPS) is 16.7. The van der Waals surface area contributed by atoms with Crippen LogP contribution in [0.2, 0.25) is 0 Å². The first-order valence-electron chi connectivity index (χ1n) is 7.08. The van der Waals surface area contributed by atoms with Crippen molar-refractivity contribution in [2.24, 2.45) is 0 Å². The standard InChI is InChI=1S/C13H25N3O4/c1-3-4-15-5-7-16(8-6-15)9-10-20-12(17)11-14-13(18)19-2/h3-11H2,1-2H3,(H,14,18). The van der Waals surface area contributed by atoms with Crippen molar-refractivity contribution < 1.29 is 19.1 Å². The molecule has 0 spiro atoms. The summed E-state index contributed by atoms with van der Waals surface area (Å²) in [5.41, 5.74) is 0. The molecule has 1 rings (SSSR count). The molecule has 7 nitrogen and oxygen atoms in total. The fourth-order valence-corrected chi connectivity index (χ4v) is 2.11. The first-order chi connectivity index (χ1) is 9.65. The van der Waals surface area contributed by atoms with Crippen LogP contribution in [-0.2, 0) is 14.3 Å². The van der Waals surface area contributed by atoms with Crippen molar-refractivity contribution >= 4 is 12.1 Å². The minimum absolute atomic E-state index is 0.156. The Morgan fingerprint density at radius 1 is 1.10 bits per heavy atom. The summed E-state index contributed by atoms with van der Waals surface area (Å²) in [6, 6.07) is 0. The molecule has 7 heteroatoms. The number of hydrogen-bond donors (Lipinski definition) is 1. The number of hydrogen-bond acceptors (Lipinski definition) is 6. The lowest BCUT2D eigenvalue weighted by Gasteiger charge is -2.34. The second-order valence-corrected chi connectivity index (χ2v) is 4.75. The maximum atomic E-state index is 11.3. The number of ether oxygens (including phenoxy) is 2. The number of rotatable bonds is 7. The molecular weight excluding hydrogens is 262 g/mol. The molecule has 0 radical (unpaired) electrons. The number of esters is 1. The van der Waals surface area contributed by atoms with E-state index < -0.39 is 12.1 Å². The predicted octanol–water partition coefficient (Wildman–Crippen LogP) is -0.0868. The Bertz CT molecular complexity index is 304. The Morgan fingerprint density at radius 2 is 1.70 bits per heavy atom. The van der Waals surface area contributed by atoms with E-state index in [0.717, 1.165) is 39.3 Å². The van der Waals surface area contributed by atoms with Crippen molar-refractivity contribution in [3.63, 3.8) is 0 Å². The van der Waals surface area contributed by atoms with Gasteiger partial charge >= 0.3 is 12.1 Å². The van der Waals surface area contributed by atoms with Gasteiger partial charge in [-0.25, -0.2) is 4.79 Å². The largest absolute Gasteiger partial charge is 0.463 e. The van der Waals surface area contributed by atoms with Crippen LogP contribution in [0.4, 0.5) is 4.79 Å². The molecule has 0 aromatic carbocycles. The van der Waals surface area contributed by atoms with Gasteiger partial charge in [-0.2, -0.15) is 0 Å². The molecule has 1 aliphatic heterocycles. The fraction of sp³-hybridized carbons (Fsp3) is 0.846. The highest BCUT2D eigenvalue weighted by Crippen LogP contribution is 2.01. The molecule has 0 aromatic heterocycles. The van der Waals surface area contributed by atoms with Crippen LogP contribution in [0.3, 0.4) is 0 Å². The van der Waals surface area contributed by atoms with Gasteiger partial charge in [-0.05, 0) is 13.0 Å². The predicted molar refractivity (Wildman–Crippen MR) is 74.5 cm³/mol. The van der Waals surface area contributed by atoms with E-state index in [-0.39, 0.29) is 6.54 Å². The third-order valence-electron chi connectivity index (χ3n) is 3.24. The average Bonchev–Trinajstić information content (AvgIpc) is 2.47. The highest BCUT2D eigenvalue weighted by atomic mass is 16.5. The van der Waals surface area contributed by atoms with Crippen molar-refractivity contribution in [1.82, 2.24) is 15.1 Å². The molecule has 1 fully saturated rings. The summed E-state index contributed by atoms with van der Waals surface area (Å²) >= 11 is 0. The van der Waals surface area contributed by atoms with E-state index in [4.69, 9.17) is 4.74 Å². The summed E-state index contributed by atoms with van der Waals surface area (Å²) < 4.78 is 9.41. The van der Waals surface area contributed by atoms with E-state index >= 15 is 0 Å². The Hall–Kier alpha value is -1.34. The lowest BCUT2D eigenvalue weighted by Crippen LogP contribution is -2.47. The van der Waals surface area contributed by atoms with Gasteiger partial charge in [-0.3, -0.25) is 9.69 Å². The van der Waals surface area contributed by atoms with E-state index in [1.807, 2.05) is 0 Å². The minimum atomic E-state index is -0.631. The third kappa shape index (κ3) is 6.72. The van der Waals surface area contributed by atoms with Crippen LogP contribution in [0.25, 0.3) is 0 Å². The van der Waals surface area contributed by atoms with Crippen LogP contribution >= 0.6 is 0 Å². The van der Waals surface area contributed by atoms with Gasteiger partial charge in [-0.15, -0.1) is 0 Å². The molecule has 0 saturated carbocycles. The monoisotopic (exact) mass is 287 g/mol. The molecule has 1 N–H and O–H groups in total. The average molecular weight is 287 g/mol. The second kappa shape index (κ2) is 9.55. The summed E-state index contributed by atoms with van der Waals surface area (Å²) in [6.07, 6.45) is 0.555. The van der Waals surface area contributed by atoms with E-state index in [1.54, 1.807) is 0 Å². The summed E-state index contributed by atoms with van der Waals surface area (Å²) in [4.78, 5) is 26.8. The zero-order valence-electron chi connectivity index (χ0n) is 12.4. The van der Waals surface area contributed by atoms with Crippen molar-refractivity contribution in [3.05, 3.63) is 0 Å². The lowest BCUT2D eigenvalue weighted by molar-refractivity contribution is -0.143. The third-order valence-corrected chi connectivity index (χ3v) is 3.24. The minimum Gasteiger partial charge on any atom is -0.463 e. The molecule has 0 bridgehead atoms. The van der Waals surface area contributed by atoms with E-state index in [0.29, 0.717) is 6.61 Å². The summed E-state index contributed by atoms with van der Waals surface area (Å²) in [6.45, 7) is 8.46. The van der Waals surface area contributed by atoms with Gasteiger partial charge in [0.1, 0.15) is 13.2 Å². The number of nitrogens with one attached hydrogen (secondary N) is 1. The Balaban J connectivity index is 2.04. The van der Waals surface area contributed by atoms with E-state index in [1.165, 1.54) is 13.5 Å². The smallest absolute Gasteiger partial charge is 0.407 e. The summed E-state index contributed by atoms with van der Waals surface area (Å²) in [5.74, 6) is -0.444. The van der Waals surface area contributed by atoms with Crippen molar-refractivity contribution in [2.75, 3.05) is 59.5 Å². The highest BCUT2D eigenvalue weighted by molar-refractivity contribution is 5.77. The molecule has 1 heterocycles. The van der Waals surface area contributed by atoms with Gasteiger partial charge in [0, 0.05) is 32.7 Å². The van der Waals surface area contributed by atoms with Crippen LogP contribution in [-0.4, -0.2) is 81.4 Å². The topological polar surface area (TPSA) is 71.1 Å². The molecule has 1 saturated heterocycles. The number of carbonyl (C=O) groups is 2. The number of nitrogens with zero attached hydrogens (tertiary/aromatic N) is 2. The maximum Gasteiger partial charge on any atom is 0.407 e. The second-order valence-electron chi connectivity index (χ2n) is 4.75. The molecule has 1 amide bonds. The molecule has 0 aliphatic carbocycles. The van der Waals surface area contributed by atoms with Gasteiger partial charge < -0.3 is 19.7 Å². The van der Waals surface area contributed by atoms with Crippen molar-refractivity contribution in [2.45, 2.75) is 13.3 Å². The molecule has 0 atom stereocenters. The molecule has 1 aliphatic rings. The van der Waals surface area contributed by atoms with Crippen LogP contribution in [0, 0.1) is 0 Å². The SMILES string of the molecule is CCCN1CCN(CCOC(=O)CNC(=O)OC)CC1. The van der Waals surface area contributed by atoms with Crippen LogP contribution < -0.4 is 5.32 Å². The Morgan fingerprint density at radius 3 is 2.25 bits per heavy atom. The van der Waals surface area contributed by atoms with Gasteiger partial charge in [0.05, 0.1) is 7.11 Å². The van der Waals surface area contributed by atoms with Crippen LogP contribution in [0.1, 0.15) is 13.3 Å². The van der Waals surface area contributed by atoms with Gasteiger partial charge in [0.15, 0.2) is 0 Å². The van der Waals surface area contributed by atoms with E-state index in [9.17, 15) is 9.59 Å². The number of alkyl carbamates (subject to hydrolysis) is 1. The van der Waals surface area contributed by atoms with Crippen molar-refractivity contribution in [3.8, 4) is 0 Å². The number of methoxy groups -OCH3 is 1. The lowest BCUT2D eigenvalue weighted by atomic mass is 10.3. The molecule has 0 aromatic rings. The number of amides is 1. The molecule has 116 valence electrons. The first-order valence-corrected chi connectivity index (χ1v) is 7.08. The van der Waals surface area contributed by atoms with Crippen LogP contribution in [0.15, 0.2) is 0 Å². The molecule has 20 heavy (non-hydrogen) atoms. The summed E-state index contributed by atoms with van der Waals surface area (Å²) in [7, 11) is 1.25. The van der Waals surface area contributed by atoms with Gasteiger partial charge in [0.2, 0.25) is 0 Å². The van der Waals surface area contributed by atoms with Crippen LogP contribution in [0.5, 0.6) is 0 Å². The quantitative estimate of drug-likeness (QED) is 0.660. The zero-order chi connectivity index (χ0) is 14.8. The highest BCUT2D eigenvalue weighted by Gasteiger charge is 2.16. The van der Waals surface area contributed by atoms with Gasteiger partial charge in [-0.1, -0.05) is 6.92 Å². The first kappa shape index (κ1) is 16.7. The van der Waals surface area contributed by atoms with Gasteiger partial charge in [0.25, 0.3) is 0 Å². The number of carbonyl (C=O) groups excluding carboxylic acids is 2. The molecule has 0 unspecified atom stereocenters. The summed E-state index contributed by atoms with van der Waals surface area (Å²) in [5, 5.41) is 2.28. The maximum absolute atomic E-state index is 11.3. The number of piperazine rings is 1.